The highest BCUT2D eigenvalue weighted by Crippen LogP contribution is 2.28. The monoisotopic (exact) mass is 326 g/mol. The highest BCUT2D eigenvalue weighted by molar-refractivity contribution is 6.42. The van der Waals surface area contributed by atoms with Crippen molar-refractivity contribution in [2.24, 2.45) is 7.05 Å². The first-order chi connectivity index (χ1) is 10.1. The summed E-state index contributed by atoms with van der Waals surface area (Å²) in [7, 11) is 1.90. The molecule has 0 amide bonds. The molecule has 112 valence electrons. The third kappa shape index (κ3) is 3.48. The Kier molecular flexibility index (Phi) is 4.33. The van der Waals surface area contributed by atoms with Gasteiger partial charge in [0.2, 0.25) is 0 Å². The van der Waals surface area contributed by atoms with E-state index >= 15 is 0 Å². The van der Waals surface area contributed by atoms with Crippen molar-refractivity contribution in [2.75, 3.05) is 13.1 Å². The van der Waals surface area contributed by atoms with Crippen molar-refractivity contribution in [3.63, 3.8) is 0 Å². The average molecular weight is 327 g/mol. The standard InChI is InChI=1S/C14H16Cl2N4O/c1-19-10(7-17-18-19)8-20-5-4-12(9-20)21-11-2-3-13(15)14(16)6-11/h2-3,6-7,12H,4-5,8-9H2,1H3/t12-/m0/s1. The molecule has 1 atom stereocenters. The molecule has 2 heterocycles. The van der Waals surface area contributed by atoms with Gasteiger partial charge in [0.25, 0.3) is 0 Å². The fourth-order valence-electron chi connectivity index (χ4n) is 2.46. The first kappa shape index (κ1) is 14.6. The third-order valence-electron chi connectivity index (χ3n) is 3.62. The Bertz CT molecular complexity index is 631. The Labute approximate surface area is 133 Å². The molecule has 5 nitrogen and oxygen atoms in total. The Morgan fingerprint density at radius 3 is 2.90 bits per heavy atom. The van der Waals surface area contributed by atoms with Crippen LogP contribution in [0.15, 0.2) is 24.4 Å². The molecule has 0 aliphatic carbocycles. The molecular weight excluding hydrogens is 311 g/mol. The van der Waals surface area contributed by atoms with E-state index in [1.807, 2.05) is 13.1 Å². The Morgan fingerprint density at radius 2 is 2.19 bits per heavy atom. The van der Waals surface area contributed by atoms with E-state index < -0.39 is 0 Å². The summed E-state index contributed by atoms with van der Waals surface area (Å²) in [6.45, 7) is 2.72. The summed E-state index contributed by atoms with van der Waals surface area (Å²) < 4.78 is 7.77. The molecule has 0 spiro atoms. The predicted molar refractivity (Wildman–Crippen MR) is 81.8 cm³/mol. The highest BCUT2D eigenvalue weighted by Gasteiger charge is 2.24. The highest BCUT2D eigenvalue weighted by atomic mass is 35.5. The van der Waals surface area contributed by atoms with Gasteiger partial charge in [-0.2, -0.15) is 0 Å². The van der Waals surface area contributed by atoms with E-state index in [9.17, 15) is 0 Å². The second-order valence-electron chi connectivity index (χ2n) is 5.19. The van der Waals surface area contributed by atoms with E-state index in [1.54, 1.807) is 23.0 Å². The number of rotatable bonds is 4. The van der Waals surface area contributed by atoms with Crippen LogP contribution in [-0.2, 0) is 13.6 Å². The quantitative estimate of drug-likeness (QED) is 0.866. The summed E-state index contributed by atoms with van der Waals surface area (Å²) in [6.07, 6.45) is 2.96. The maximum absolute atomic E-state index is 6.00. The minimum absolute atomic E-state index is 0.170. The Hall–Kier alpha value is -1.30. The SMILES string of the molecule is Cn1nncc1CN1CC[C@H](Oc2ccc(Cl)c(Cl)c2)C1. The molecular formula is C14H16Cl2N4O. The van der Waals surface area contributed by atoms with E-state index in [0.29, 0.717) is 10.0 Å². The summed E-state index contributed by atoms with van der Waals surface area (Å²) >= 11 is 11.9. The van der Waals surface area contributed by atoms with Gasteiger partial charge in [0, 0.05) is 32.7 Å². The Balaban J connectivity index is 1.57. The summed E-state index contributed by atoms with van der Waals surface area (Å²) in [5.41, 5.74) is 1.10. The summed E-state index contributed by atoms with van der Waals surface area (Å²) in [5, 5.41) is 8.90. The molecule has 1 saturated heterocycles. The van der Waals surface area contributed by atoms with Gasteiger partial charge >= 0.3 is 0 Å². The van der Waals surface area contributed by atoms with E-state index in [2.05, 4.69) is 15.2 Å². The maximum atomic E-state index is 6.00. The van der Waals surface area contributed by atoms with E-state index in [4.69, 9.17) is 27.9 Å². The first-order valence-corrected chi connectivity index (χ1v) is 7.55. The van der Waals surface area contributed by atoms with Gasteiger partial charge < -0.3 is 4.74 Å². The van der Waals surface area contributed by atoms with E-state index in [-0.39, 0.29) is 6.10 Å². The molecule has 21 heavy (non-hydrogen) atoms. The molecule has 1 aliphatic heterocycles. The minimum atomic E-state index is 0.170. The van der Waals surface area contributed by atoms with E-state index in [0.717, 1.165) is 37.5 Å². The lowest BCUT2D eigenvalue weighted by atomic mass is 10.3. The first-order valence-electron chi connectivity index (χ1n) is 6.79. The molecule has 1 aromatic heterocycles. The number of aryl methyl sites for hydroxylation is 1. The van der Waals surface area contributed by atoms with Crippen LogP contribution in [0, 0.1) is 0 Å². The molecule has 0 radical (unpaired) electrons. The zero-order chi connectivity index (χ0) is 14.8. The van der Waals surface area contributed by atoms with Gasteiger partial charge in [-0.15, -0.1) is 5.10 Å². The molecule has 0 N–H and O–H groups in total. The summed E-state index contributed by atoms with van der Waals surface area (Å²) in [5.74, 6) is 0.762. The molecule has 0 unspecified atom stereocenters. The minimum Gasteiger partial charge on any atom is -0.489 e. The van der Waals surface area contributed by atoms with Crippen LogP contribution in [0.5, 0.6) is 5.75 Å². The molecule has 0 saturated carbocycles. The average Bonchev–Trinajstić information content (AvgIpc) is 3.05. The predicted octanol–water partition coefficient (Wildman–Crippen LogP) is 2.78. The Morgan fingerprint density at radius 1 is 1.33 bits per heavy atom. The van der Waals surface area contributed by atoms with Crippen molar-refractivity contribution in [2.45, 2.75) is 19.1 Å². The van der Waals surface area contributed by atoms with Gasteiger partial charge in [0.15, 0.2) is 0 Å². The fourth-order valence-corrected chi connectivity index (χ4v) is 2.75. The zero-order valence-electron chi connectivity index (χ0n) is 11.7. The smallest absolute Gasteiger partial charge is 0.121 e. The van der Waals surface area contributed by atoms with Crippen molar-refractivity contribution < 1.29 is 4.74 Å². The molecule has 1 aliphatic rings. The second kappa shape index (κ2) is 6.22. The van der Waals surface area contributed by atoms with Crippen LogP contribution in [0.3, 0.4) is 0 Å². The van der Waals surface area contributed by atoms with Gasteiger partial charge in [0.1, 0.15) is 11.9 Å². The molecule has 1 aromatic carbocycles. The number of halogens is 2. The summed E-state index contributed by atoms with van der Waals surface area (Å²) in [6, 6.07) is 5.37. The molecule has 1 fully saturated rings. The molecule has 7 heteroatoms. The normalized spacial score (nSPS) is 19.1. The van der Waals surface area contributed by atoms with Crippen molar-refractivity contribution in [3.05, 3.63) is 40.1 Å². The summed E-state index contributed by atoms with van der Waals surface area (Å²) in [4.78, 5) is 2.33. The van der Waals surface area contributed by atoms with Gasteiger partial charge in [0.05, 0.1) is 21.9 Å². The number of ether oxygens (including phenoxy) is 1. The van der Waals surface area contributed by atoms with Crippen LogP contribution in [0.1, 0.15) is 12.1 Å². The third-order valence-corrected chi connectivity index (χ3v) is 4.36. The lowest BCUT2D eigenvalue weighted by Crippen LogP contribution is -2.25. The number of hydrogen-bond acceptors (Lipinski definition) is 4. The van der Waals surface area contributed by atoms with Crippen LogP contribution in [-0.4, -0.2) is 39.1 Å². The van der Waals surface area contributed by atoms with Crippen LogP contribution in [0.25, 0.3) is 0 Å². The van der Waals surface area contributed by atoms with Gasteiger partial charge in [-0.25, -0.2) is 0 Å². The fraction of sp³-hybridized carbons (Fsp3) is 0.429. The van der Waals surface area contributed by atoms with Crippen molar-refractivity contribution in [1.82, 2.24) is 19.9 Å². The van der Waals surface area contributed by atoms with Crippen LogP contribution in [0.2, 0.25) is 10.0 Å². The number of benzene rings is 1. The van der Waals surface area contributed by atoms with Crippen LogP contribution >= 0.6 is 23.2 Å². The topological polar surface area (TPSA) is 43.2 Å². The number of aromatic nitrogens is 3. The van der Waals surface area contributed by atoms with Crippen LogP contribution < -0.4 is 4.74 Å². The molecule has 3 rings (SSSR count). The van der Waals surface area contributed by atoms with Gasteiger partial charge in [-0.3, -0.25) is 9.58 Å². The number of nitrogens with zero attached hydrogens (tertiary/aromatic N) is 4. The molecule has 2 aromatic rings. The lowest BCUT2D eigenvalue weighted by molar-refractivity contribution is 0.197. The van der Waals surface area contributed by atoms with Crippen molar-refractivity contribution in [3.8, 4) is 5.75 Å². The molecule has 0 bridgehead atoms. The van der Waals surface area contributed by atoms with Gasteiger partial charge in [-0.1, -0.05) is 28.4 Å². The second-order valence-corrected chi connectivity index (χ2v) is 6.00. The van der Waals surface area contributed by atoms with Crippen LogP contribution in [0.4, 0.5) is 0 Å². The number of hydrogen-bond donors (Lipinski definition) is 0. The van der Waals surface area contributed by atoms with Crippen molar-refractivity contribution in [1.29, 1.82) is 0 Å². The lowest BCUT2D eigenvalue weighted by Gasteiger charge is -2.16. The van der Waals surface area contributed by atoms with Crippen molar-refractivity contribution >= 4 is 23.2 Å². The number of likely N-dealkylation sites (tertiary alicyclic amines) is 1. The maximum Gasteiger partial charge on any atom is 0.121 e. The largest absolute Gasteiger partial charge is 0.489 e. The zero-order valence-corrected chi connectivity index (χ0v) is 13.2. The van der Waals surface area contributed by atoms with E-state index in [1.165, 1.54) is 0 Å². The van der Waals surface area contributed by atoms with Gasteiger partial charge in [-0.05, 0) is 18.6 Å².